The lowest BCUT2D eigenvalue weighted by Gasteiger charge is -2.19. The van der Waals surface area contributed by atoms with Crippen molar-refractivity contribution in [1.29, 1.82) is 0 Å². The molecule has 4 rings (SSSR count). The van der Waals surface area contributed by atoms with Crippen LogP contribution in [0, 0.1) is 5.92 Å². The van der Waals surface area contributed by atoms with E-state index in [0.717, 1.165) is 0 Å². The van der Waals surface area contributed by atoms with Gasteiger partial charge in [0.25, 0.3) is 11.5 Å². The van der Waals surface area contributed by atoms with Crippen LogP contribution >= 0.6 is 0 Å². The molecule has 1 fully saturated rings. The molecule has 3 aromatic rings. The SMILES string of the molecule is CC(C)n1nc(C(=O)N2C[C@@H](CN)[C@H](c3ccccc3)C2)c2ccccc2c1=O. The smallest absolute Gasteiger partial charge is 0.274 e. The van der Waals surface area contributed by atoms with Crippen LogP contribution in [0.1, 0.15) is 41.9 Å². The normalized spacial score (nSPS) is 19.2. The topological polar surface area (TPSA) is 81.2 Å². The summed E-state index contributed by atoms with van der Waals surface area (Å²) in [6, 6.07) is 17.3. The highest BCUT2D eigenvalue weighted by Crippen LogP contribution is 2.33. The van der Waals surface area contributed by atoms with Gasteiger partial charge in [-0.1, -0.05) is 48.5 Å². The van der Waals surface area contributed by atoms with Gasteiger partial charge in [-0.2, -0.15) is 5.10 Å². The van der Waals surface area contributed by atoms with Gasteiger partial charge in [-0.3, -0.25) is 9.59 Å². The van der Waals surface area contributed by atoms with Crippen LogP contribution in [0.15, 0.2) is 59.4 Å². The number of carbonyl (C=O) groups excluding carboxylic acids is 1. The second-order valence-electron chi connectivity index (χ2n) is 7.96. The quantitative estimate of drug-likeness (QED) is 0.743. The fraction of sp³-hybridized carbons (Fsp3) is 0.348. The third kappa shape index (κ3) is 3.44. The monoisotopic (exact) mass is 390 g/mol. The Balaban J connectivity index is 1.74. The number of benzene rings is 2. The van der Waals surface area contributed by atoms with Crippen LogP contribution in [0.3, 0.4) is 0 Å². The van der Waals surface area contributed by atoms with Crippen molar-refractivity contribution in [3.63, 3.8) is 0 Å². The van der Waals surface area contributed by atoms with Gasteiger partial charge in [0.1, 0.15) is 0 Å². The Morgan fingerprint density at radius 2 is 1.72 bits per heavy atom. The van der Waals surface area contributed by atoms with Gasteiger partial charge in [-0.05, 0) is 37.9 Å². The Morgan fingerprint density at radius 3 is 2.38 bits per heavy atom. The molecule has 2 N–H and O–H groups in total. The summed E-state index contributed by atoms with van der Waals surface area (Å²) >= 11 is 0. The second kappa shape index (κ2) is 7.79. The van der Waals surface area contributed by atoms with Gasteiger partial charge >= 0.3 is 0 Å². The molecule has 1 aromatic heterocycles. The third-order valence-electron chi connectivity index (χ3n) is 5.78. The molecule has 0 saturated carbocycles. The Morgan fingerprint density at radius 1 is 1.07 bits per heavy atom. The van der Waals surface area contributed by atoms with Crippen molar-refractivity contribution < 1.29 is 4.79 Å². The lowest BCUT2D eigenvalue weighted by atomic mass is 9.89. The van der Waals surface area contributed by atoms with E-state index in [4.69, 9.17) is 5.73 Å². The fourth-order valence-electron chi connectivity index (χ4n) is 4.22. The first-order valence-electron chi connectivity index (χ1n) is 10.1. The van der Waals surface area contributed by atoms with E-state index >= 15 is 0 Å². The van der Waals surface area contributed by atoms with Gasteiger partial charge in [0.2, 0.25) is 0 Å². The second-order valence-corrected chi connectivity index (χ2v) is 7.96. The van der Waals surface area contributed by atoms with Crippen molar-refractivity contribution in [2.75, 3.05) is 19.6 Å². The van der Waals surface area contributed by atoms with Gasteiger partial charge in [-0.15, -0.1) is 0 Å². The molecule has 6 nitrogen and oxygen atoms in total. The molecule has 2 aromatic carbocycles. The number of amides is 1. The molecule has 0 aliphatic carbocycles. The minimum absolute atomic E-state index is 0.133. The number of carbonyl (C=O) groups is 1. The first kappa shape index (κ1) is 19.3. The Hall–Kier alpha value is -2.99. The summed E-state index contributed by atoms with van der Waals surface area (Å²) in [6.07, 6.45) is 0. The van der Waals surface area contributed by atoms with Crippen molar-refractivity contribution >= 4 is 16.7 Å². The van der Waals surface area contributed by atoms with E-state index in [1.165, 1.54) is 10.2 Å². The van der Waals surface area contributed by atoms with E-state index in [-0.39, 0.29) is 29.3 Å². The number of hydrogen-bond donors (Lipinski definition) is 1. The first-order valence-corrected chi connectivity index (χ1v) is 10.1. The van der Waals surface area contributed by atoms with Crippen molar-refractivity contribution in [3.8, 4) is 0 Å². The molecule has 0 unspecified atom stereocenters. The maximum absolute atomic E-state index is 13.5. The highest BCUT2D eigenvalue weighted by Gasteiger charge is 2.36. The van der Waals surface area contributed by atoms with Crippen LogP contribution in [-0.4, -0.2) is 40.2 Å². The summed E-state index contributed by atoms with van der Waals surface area (Å²) in [5.74, 6) is 0.253. The summed E-state index contributed by atoms with van der Waals surface area (Å²) < 4.78 is 1.40. The number of nitrogens with two attached hydrogens (primary N) is 1. The molecule has 1 aliphatic heterocycles. The number of aromatic nitrogens is 2. The van der Waals surface area contributed by atoms with E-state index < -0.39 is 0 Å². The van der Waals surface area contributed by atoms with Gasteiger partial charge in [-0.25, -0.2) is 4.68 Å². The molecule has 1 amide bonds. The van der Waals surface area contributed by atoms with E-state index in [1.807, 2.05) is 49.1 Å². The predicted molar refractivity (Wildman–Crippen MR) is 114 cm³/mol. The Labute approximate surface area is 169 Å². The van der Waals surface area contributed by atoms with Gasteiger partial charge in [0.05, 0.1) is 11.4 Å². The zero-order valence-electron chi connectivity index (χ0n) is 16.8. The highest BCUT2D eigenvalue weighted by atomic mass is 16.2. The third-order valence-corrected chi connectivity index (χ3v) is 5.78. The van der Waals surface area contributed by atoms with Crippen LogP contribution < -0.4 is 11.3 Å². The van der Waals surface area contributed by atoms with Crippen LogP contribution in [0.4, 0.5) is 0 Å². The number of fused-ring (bicyclic) bond motifs is 1. The minimum Gasteiger partial charge on any atom is -0.336 e. The Kier molecular flexibility index (Phi) is 5.20. The summed E-state index contributed by atoms with van der Waals surface area (Å²) in [6.45, 7) is 5.49. The lowest BCUT2D eigenvalue weighted by molar-refractivity contribution is 0.0780. The maximum atomic E-state index is 13.5. The largest absolute Gasteiger partial charge is 0.336 e. The van der Waals surface area contributed by atoms with Crippen LogP contribution in [-0.2, 0) is 0 Å². The summed E-state index contributed by atoms with van der Waals surface area (Å²) in [5, 5.41) is 5.60. The summed E-state index contributed by atoms with van der Waals surface area (Å²) in [7, 11) is 0. The molecule has 1 saturated heterocycles. The number of likely N-dealkylation sites (tertiary alicyclic amines) is 1. The lowest BCUT2D eigenvalue weighted by Crippen LogP contribution is -2.34. The van der Waals surface area contributed by atoms with E-state index in [2.05, 4.69) is 17.2 Å². The van der Waals surface area contributed by atoms with Crippen molar-refractivity contribution in [2.24, 2.45) is 11.7 Å². The fourth-order valence-corrected chi connectivity index (χ4v) is 4.22. The molecular weight excluding hydrogens is 364 g/mol. The van der Waals surface area contributed by atoms with Crippen LogP contribution in [0.2, 0.25) is 0 Å². The van der Waals surface area contributed by atoms with Gasteiger partial charge in [0, 0.05) is 24.4 Å². The molecule has 1 aliphatic rings. The molecule has 0 bridgehead atoms. The van der Waals surface area contributed by atoms with Gasteiger partial charge < -0.3 is 10.6 Å². The van der Waals surface area contributed by atoms with Crippen LogP contribution in [0.5, 0.6) is 0 Å². The summed E-state index contributed by atoms with van der Waals surface area (Å²) in [5.41, 5.74) is 7.40. The molecule has 29 heavy (non-hydrogen) atoms. The number of nitrogens with zero attached hydrogens (tertiary/aromatic N) is 3. The first-order chi connectivity index (χ1) is 14.0. The molecule has 6 heteroatoms. The van der Waals surface area contributed by atoms with E-state index in [1.54, 1.807) is 12.1 Å². The van der Waals surface area contributed by atoms with Crippen LogP contribution in [0.25, 0.3) is 10.8 Å². The Bertz CT molecular complexity index is 1090. The molecule has 2 heterocycles. The maximum Gasteiger partial charge on any atom is 0.274 e. The average Bonchev–Trinajstić information content (AvgIpc) is 3.19. The molecule has 150 valence electrons. The number of rotatable bonds is 4. The van der Waals surface area contributed by atoms with E-state index in [9.17, 15) is 9.59 Å². The standard InChI is InChI=1S/C23H26N4O2/c1-15(2)27-22(28)19-11-7-6-10-18(19)21(25-27)23(29)26-13-17(12-24)20(14-26)16-8-4-3-5-9-16/h3-11,15,17,20H,12-14,24H2,1-2H3/t17-,20+/m1/s1. The molecule has 0 spiro atoms. The molecular formula is C23H26N4O2. The van der Waals surface area contributed by atoms with Crippen molar-refractivity contribution in [3.05, 3.63) is 76.2 Å². The minimum atomic E-state index is -0.171. The molecule has 0 radical (unpaired) electrons. The van der Waals surface area contributed by atoms with Crippen molar-refractivity contribution in [2.45, 2.75) is 25.8 Å². The van der Waals surface area contributed by atoms with Crippen molar-refractivity contribution in [1.82, 2.24) is 14.7 Å². The average molecular weight is 390 g/mol. The van der Waals surface area contributed by atoms with E-state index in [0.29, 0.717) is 36.1 Å². The zero-order valence-corrected chi connectivity index (χ0v) is 16.8. The van der Waals surface area contributed by atoms with Gasteiger partial charge in [0.15, 0.2) is 5.69 Å². The number of hydrogen-bond acceptors (Lipinski definition) is 4. The summed E-state index contributed by atoms with van der Waals surface area (Å²) in [4.78, 5) is 28.1. The zero-order chi connectivity index (χ0) is 20.5. The highest BCUT2D eigenvalue weighted by molar-refractivity contribution is 6.04. The molecule has 2 atom stereocenters. The predicted octanol–water partition coefficient (Wildman–Crippen LogP) is 2.79.